The fourth-order valence-electron chi connectivity index (χ4n) is 3.01. The number of rotatable bonds is 6. The summed E-state index contributed by atoms with van der Waals surface area (Å²) in [7, 11) is 0. The van der Waals surface area contributed by atoms with E-state index < -0.39 is 0 Å². The molecule has 1 aromatic carbocycles. The summed E-state index contributed by atoms with van der Waals surface area (Å²) in [6.45, 7) is 6.40. The highest BCUT2D eigenvalue weighted by molar-refractivity contribution is 5.60. The van der Waals surface area contributed by atoms with Gasteiger partial charge in [-0.05, 0) is 25.9 Å². The van der Waals surface area contributed by atoms with Crippen molar-refractivity contribution in [2.24, 2.45) is 0 Å². The molecule has 2 N–H and O–H groups in total. The average Bonchev–Trinajstić information content (AvgIpc) is 3.19. The van der Waals surface area contributed by atoms with E-state index in [-0.39, 0.29) is 0 Å². The molecule has 2 aromatic rings. The Morgan fingerprint density at radius 2 is 2.10 bits per heavy atom. The topological polar surface area (TPSA) is 56.8 Å². The summed E-state index contributed by atoms with van der Waals surface area (Å²) in [5, 5.41) is 15.0. The van der Waals surface area contributed by atoms with Crippen molar-refractivity contribution in [3.05, 3.63) is 36.0 Å². The molecule has 5 nitrogen and oxygen atoms in total. The van der Waals surface area contributed by atoms with Crippen LogP contribution in [0.25, 0.3) is 11.3 Å². The Balaban J connectivity index is 1.78. The van der Waals surface area contributed by atoms with E-state index in [9.17, 15) is 0 Å². The maximum atomic E-state index is 4.39. The molecule has 2 heterocycles. The number of nitrogens with one attached hydrogen (secondary N) is 2. The summed E-state index contributed by atoms with van der Waals surface area (Å²) in [6, 6.07) is 10.9. The van der Waals surface area contributed by atoms with Gasteiger partial charge in [0.25, 0.3) is 0 Å². The van der Waals surface area contributed by atoms with Gasteiger partial charge in [0.1, 0.15) is 11.4 Å². The summed E-state index contributed by atoms with van der Waals surface area (Å²) < 4.78 is 0. The third kappa shape index (κ3) is 3.31. The number of hydrogen-bond acceptors (Lipinski definition) is 4. The molecule has 0 saturated carbocycles. The summed E-state index contributed by atoms with van der Waals surface area (Å²) in [5.74, 6) is 0. The van der Waals surface area contributed by atoms with E-state index in [4.69, 9.17) is 0 Å². The molecule has 1 atom stereocenters. The number of aromatic amines is 1. The van der Waals surface area contributed by atoms with Gasteiger partial charge in [-0.2, -0.15) is 15.4 Å². The summed E-state index contributed by atoms with van der Waals surface area (Å²) in [5.41, 5.74) is 3.14. The Kier molecular flexibility index (Phi) is 4.62. The van der Waals surface area contributed by atoms with Crippen LogP contribution in [0.15, 0.2) is 30.3 Å². The van der Waals surface area contributed by atoms with Gasteiger partial charge in [0.2, 0.25) is 0 Å². The van der Waals surface area contributed by atoms with E-state index in [0.717, 1.165) is 49.6 Å². The van der Waals surface area contributed by atoms with Crippen LogP contribution in [-0.4, -0.2) is 46.0 Å². The van der Waals surface area contributed by atoms with Gasteiger partial charge in [0.15, 0.2) is 0 Å². The van der Waals surface area contributed by atoms with Crippen molar-refractivity contribution in [1.82, 2.24) is 25.6 Å². The smallest absolute Gasteiger partial charge is 0.117 e. The molecule has 1 saturated heterocycles. The van der Waals surface area contributed by atoms with E-state index in [0.29, 0.717) is 6.04 Å². The molecular formula is C16H23N5. The van der Waals surface area contributed by atoms with Gasteiger partial charge < -0.3 is 5.32 Å². The molecule has 0 radical (unpaired) electrons. The standard InChI is InChI=1S/C16H23N5/c1-2-10-21(14-8-9-17-11-14)12-15-16(19-20-18-15)13-6-4-3-5-7-13/h3-7,14,17H,2,8-12H2,1H3,(H,18,19,20)/t14-/m0/s1. The van der Waals surface area contributed by atoms with Crippen molar-refractivity contribution in [2.45, 2.75) is 32.4 Å². The molecule has 0 bridgehead atoms. The predicted molar refractivity (Wildman–Crippen MR) is 83.8 cm³/mol. The molecule has 0 amide bonds. The Hall–Kier alpha value is -1.72. The van der Waals surface area contributed by atoms with E-state index in [1.165, 1.54) is 6.42 Å². The van der Waals surface area contributed by atoms with Gasteiger partial charge in [-0.25, -0.2) is 0 Å². The lowest BCUT2D eigenvalue weighted by Gasteiger charge is -2.27. The molecule has 112 valence electrons. The molecule has 21 heavy (non-hydrogen) atoms. The highest BCUT2D eigenvalue weighted by Gasteiger charge is 2.23. The first kappa shape index (κ1) is 14.2. The highest BCUT2D eigenvalue weighted by Crippen LogP contribution is 2.22. The second-order valence-corrected chi connectivity index (χ2v) is 5.60. The zero-order chi connectivity index (χ0) is 14.5. The number of nitrogens with zero attached hydrogens (tertiary/aromatic N) is 3. The highest BCUT2D eigenvalue weighted by atomic mass is 15.3. The Morgan fingerprint density at radius 1 is 1.24 bits per heavy atom. The second-order valence-electron chi connectivity index (χ2n) is 5.60. The van der Waals surface area contributed by atoms with Crippen LogP contribution in [0.5, 0.6) is 0 Å². The molecule has 1 aliphatic rings. The van der Waals surface area contributed by atoms with Crippen LogP contribution in [-0.2, 0) is 6.54 Å². The third-order valence-corrected chi connectivity index (χ3v) is 4.08. The maximum absolute atomic E-state index is 4.39. The fourth-order valence-corrected chi connectivity index (χ4v) is 3.01. The lowest BCUT2D eigenvalue weighted by atomic mass is 10.1. The lowest BCUT2D eigenvalue weighted by molar-refractivity contribution is 0.197. The van der Waals surface area contributed by atoms with Crippen molar-refractivity contribution in [3.63, 3.8) is 0 Å². The summed E-state index contributed by atoms with van der Waals surface area (Å²) >= 11 is 0. The molecule has 1 fully saturated rings. The molecule has 5 heteroatoms. The van der Waals surface area contributed by atoms with E-state index >= 15 is 0 Å². The average molecular weight is 285 g/mol. The summed E-state index contributed by atoms with van der Waals surface area (Å²) in [6.07, 6.45) is 2.38. The van der Waals surface area contributed by atoms with Gasteiger partial charge in [0.05, 0.1) is 0 Å². The van der Waals surface area contributed by atoms with Gasteiger partial charge in [-0.1, -0.05) is 37.3 Å². The van der Waals surface area contributed by atoms with Crippen LogP contribution in [0.1, 0.15) is 25.5 Å². The van der Waals surface area contributed by atoms with Crippen molar-refractivity contribution in [3.8, 4) is 11.3 Å². The van der Waals surface area contributed by atoms with Crippen LogP contribution in [0, 0.1) is 0 Å². The number of benzene rings is 1. The summed E-state index contributed by atoms with van der Waals surface area (Å²) in [4.78, 5) is 2.53. The minimum Gasteiger partial charge on any atom is -0.315 e. The van der Waals surface area contributed by atoms with Crippen LogP contribution in [0.2, 0.25) is 0 Å². The van der Waals surface area contributed by atoms with Crippen molar-refractivity contribution >= 4 is 0 Å². The quantitative estimate of drug-likeness (QED) is 0.853. The van der Waals surface area contributed by atoms with E-state index in [2.05, 4.69) is 44.7 Å². The largest absolute Gasteiger partial charge is 0.315 e. The predicted octanol–water partition coefficient (Wildman–Crippen LogP) is 2.05. The Morgan fingerprint density at radius 3 is 2.81 bits per heavy atom. The fraction of sp³-hybridized carbons (Fsp3) is 0.500. The Labute approximate surface area is 125 Å². The Bertz CT molecular complexity index is 545. The van der Waals surface area contributed by atoms with E-state index in [1.807, 2.05) is 18.2 Å². The first-order valence-electron chi connectivity index (χ1n) is 7.78. The van der Waals surface area contributed by atoms with Crippen LogP contribution in [0.4, 0.5) is 0 Å². The zero-order valence-corrected chi connectivity index (χ0v) is 12.5. The van der Waals surface area contributed by atoms with Gasteiger partial charge in [0, 0.05) is 24.7 Å². The maximum Gasteiger partial charge on any atom is 0.117 e. The zero-order valence-electron chi connectivity index (χ0n) is 12.5. The van der Waals surface area contributed by atoms with Gasteiger partial charge in [-0.15, -0.1) is 0 Å². The van der Waals surface area contributed by atoms with Crippen molar-refractivity contribution in [1.29, 1.82) is 0 Å². The third-order valence-electron chi connectivity index (χ3n) is 4.08. The lowest BCUT2D eigenvalue weighted by Crippen LogP contribution is -2.37. The minimum atomic E-state index is 0.616. The second kappa shape index (κ2) is 6.83. The molecule has 0 aliphatic carbocycles. The first-order valence-corrected chi connectivity index (χ1v) is 7.78. The molecule has 0 unspecified atom stereocenters. The van der Waals surface area contributed by atoms with Gasteiger partial charge >= 0.3 is 0 Å². The first-order chi connectivity index (χ1) is 10.4. The molecule has 1 aromatic heterocycles. The van der Waals surface area contributed by atoms with Gasteiger partial charge in [-0.3, -0.25) is 4.90 Å². The molecule has 3 rings (SSSR count). The minimum absolute atomic E-state index is 0.616. The normalized spacial score (nSPS) is 18.5. The van der Waals surface area contributed by atoms with Crippen LogP contribution < -0.4 is 5.32 Å². The SMILES string of the molecule is CCCN(Cc1n[nH]nc1-c1ccccc1)[C@H]1CCNC1. The van der Waals surface area contributed by atoms with Crippen molar-refractivity contribution < 1.29 is 0 Å². The molecule has 1 aliphatic heterocycles. The number of aromatic nitrogens is 3. The van der Waals surface area contributed by atoms with Crippen LogP contribution in [0.3, 0.4) is 0 Å². The van der Waals surface area contributed by atoms with Crippen molar-refractivity contribution in [2.75, 3.05) is 19.6 Å². The molecular weight excluding hydrogens is 262 g/mol. The molecule has 0 spiro atoms. The monoisotopic (exact) mass is 285 g/mol. The van der Waals surface area contributed by atoms with Crippen LogP contribution >= 0.6 is 0 Å². The van der Waals surface area contributed by atoms with E-state index in [1.54, 1.807) is 0 Å². The number of H-pyrrole nitrogens is 1. The number of hydrogen-bond donors (Lipinski definition) is 2.